The molecule has 0 heterocycles. The van der Waals surface area contributed by atoms with Gasteiger partial charge in [0.25, 0.3) is 0 Å². The van der Waals surface area contributed by atoms with Crippen molar-refractivity contribution in [2.45, 2.75) is 6.92 Å². The van der Waals surface area contributed by atoms with Crippen molar-refractivity contribution in [1.82, 2.24) is 0 Å². The van der Waals surface area contributed by atoms with Gasteiger partial charge in [-0.15, -0.1) is 0 Å². The van der Waals surface area contributed by atoms with Gasteiger partial charge in [-0.1, -0.05) is 24.3 Å². The fourth-order valence-electron chi connectivity index (χ4n) is 1.60. The second-order valence-corrected chi connectivity index (χ2v) is 3.22. The second kappa shape index (κ2) is 3.10. The number of fused-ring (bicyclic) bond motifs is 1. The molecule has 2 N–H and O–H groups in total. The van der Waals surface area contributed by atoms with Crippen LogP contribution in [0.5, 0.6) is 5.75 Å². The van der Waals surface area contributed by atoms with Crippen LogP contribution in [0.1, 0.15) is 5.56 Å². The summed E-state index contributed by atoms with van der Waals surface area (Å²) in [6.45, 7) is 1.83. The van der Waals surface area contributed by atoms with Crippen molar-refractivity contribution in [3.05, 3.63) is 35.9 Å². The third-order valence-electron chi connectivity index (χ3n) is 2.30. The number of nitrogens with zero attached hydrogens (tertiary/aromatic N) is 1. The molecular formula is C11H10N2O. The Balaban J connectivity index is 2.92. The molecule has 0 aromatic heterocycles. The zero-order chi connectivity index (χ0) is 10.1. The first-order valence-electron chi connectivity index (χ1n) is 4.33. The molecule has 0 atom stereocenters. The SMILES string of the molecule is Cc1cc2ccccc2c(O)c1N=N. The van der Waals surface area contributed by atoms with Crippen LogP contribution in [0, 0.1) is 12.5 Å². The van der Waals surface area contributed by atoms with Crippen molar-refractivity contribution < 1.29 is 5.11 Å². The number of rotatable bonds is 1. The zero-order valence-electron chi connectivity index (χ0n) is 7.78. The minimum absolute atomic E-state index is 0.0931. The molecule has 0 bridgehead atoms. The lowest BCUT2D eigenvalue weighted by Crippen LogP contribution is -1.79. The van der Waals surface area contributed by atoms with Gasteiger partial charge in [-0.2, -0.15) is 5.11 Å². The molecule has 3 nitrogen and oxygen atoms in total. The van der Waals surface area contributed by atoms with Crippen LogP contribution in [-0.2, 0) is 0 Å². The van der Waals surface area contributed by atoms with Gasteiger partial charge in [0.1, 0.15) is 5.69 Å². The van der Waals surface area contributed by atoms with Gasteiger partial charge in [0.05, 0.1) is 0 Å². The lowest BCUT2D eigenvalue weighted by Gasteiger charge is -2.06. The second-order valence-electron chi connectivity index (χ2n) is 3.22. The zero-order valence-corrected chi connectivity index (χ0v) is 7.78. The molecule has 0 radical (unpaired) electrons. The first-order chi connectivity index (χ1) is 6.74. The van der Waals surface area contributed by atoms with Crippen molar-refractivity contribution in [1.29, 1.82) is 5.53 Å². The molecule has 2 aromatic carbocycles. The van der Waals surface area contributed by atoms with Gasteiger partial charge in [-0.3, -0.25) is 0 Å². The van der Waals surface area contributed by atoms with Crippen molar-refractivity contribution in [3.8, 4) is 5.75 Å². The largest absolute Gasteiger partial charge is 0.505 e. The number of phenols is 1. The van der Waals surface area contributed by atoms with E-state index in [2.05, 4.69) is 5.11 Å². The van der Waals surface area contributed by atoms with E-state index in [1.54, 1.807) is 0 Å². The number of phenolic OH excluding ortho intramolecular Hbond substituents is 1. The van der Waals surface area contributed by atoms with Gasteiger partial charge >= 0.3 is 0 Å². The van der Waals surface area contributed by atoms with E-state index in [0.717, 1.165) is 16.3 Å². The number of hydrogen-bond donors (Lipinski definition) is 2. The number of nitrogens with one attached hydrogen (secondary N) is 1. The average molecular weight is 186 g/mol. The molecule has 3 heteroatoms. The number of benzene rings is 2. The molecule has 0 spiro atoms. The van der Waals surface area contributed by atoms with Crippen LogP contribution < -0.4 is 0 Å². The van der Waals surface area contributed by atoms with Gasteiger partial charge in [-0.05, 0) is 23.9 Å². The van der Waals surface area contributed by atoms with Crippen molar-refractivity contribution in [3.63, 3.8) is 0 Å². The van der Waals surface area contributed by atoms with Gasteiger partial charge in [-0.25, -0.2) is 5.53 Å². The molecule has 2 aromatic rings. The third-order valence-corrected chi connectivity index (χ3v) is 2.30. The summed E-state index contributed by atoms with van der Waals surface area (Å²) in [7, 11) is 0. The number of aryl methyl sites for hydroxylation is 1. The maximum atomic E-state index is 9.82. The molecule has 0 saturated carbocycles. The molecule has 0 unspecified atom stereocenters. The van der Waals surface area contributed by atoms with Gasteiger partial charge in [0, 0.05) is 5.39 Å². The molecule has 0 aliphatic carbocycles. The van der Waals surface area contributed by atoms with Crippen LogP contribution in [0.2, 0.25) is 0 Å². The first kappa shape index (κ1) is 8.69. The summed E-state index contributed by atoms with van der Waals surface area (Å²) >= 11 is 0. The van der Waals surface area contributed by atoms with E-state index in [0.29, 0.717) is 5.69 Å². The van der Waals surface area contributed by atoms with E-state index in [4.69, 9.17) is 5.53 Å². The van der Waals surface area contributed by atoms with Crippen molar-refractivity contribution in [2.24, 2.45) is 5.11 Å². The van der Waals surface area contributed by atoms with Crippen molar-refractivity contribution >= 4 is 16.5 Å². The lowest BCUT2D eigenvalue weighted by molar-refractivity contribution is 0.482. The minimum atomic E-state index is 0.0931. The molecule has 0 fully saturated rings. The Bertz CT molecular complexity index is 506. The molecule has 70 valence electrons. The summed E-state index contributed by atoms with van der Waals surface area (Å²) < 4.78 is 0. The van der Waals surface area contributed by atoms with Crippen LogP contribution in [0.15, 0.2) is 35.4 Å². The maximum Gasteiger partial charge on any atom is 0.151 e. The van der Waals surface area contributed by atoms with Gasteiger partial charge in [0.2, 0.25) is 0 Å². The summed E-state index contributed by atoms with van der Waals surface area (Å²) in [6, 6.07) is 9.43. The molecule has 2 rings (SSSR count). The molecular weight excluding hydrogens is 176 g/mol. The highest BCUT2D eigenvalue weighted by atomic mass is 16.3. The Morgan fingerprint density at radius 3 is 2.71 bits per heavy atom. The van der Waals surface area contributed by atoms with Crippen LogP contribution in [0.4, 0.5) is 5.69 Å². The third kappa shape index (κ3) is 1.14. The smallest absolute Gasteiger partial charge is 0.151 e. The fourth-order valence-corrected chi connectivity index (χ4v) is 1.60. The Labute approximate surface area is 81.5 Å². The summed E-state index contributed by atoms with van der Waals surface area (Å²) in [4.78, 5) is 0. The summed E-state index contributed by atoms with van der Waals surface area (Å²) in [6.07, 6.45) is 0. The normalized spacial score (nSPS) is 10.4. The Hall–Kier alpha value is -1.90. The predicted molar refractivity (Wildman–Crippen MR) is 55.2 cm³/mol. The van der Waals surface area contributed by atoms with Gasteiger partial charge in [0.15, 0.2) is 5.75 Å². The van der Waals surface area contributed by atoms with Crippen LogP contribution in [0.25, 0.3) is 10.8 Å². The quantitative estimate of drug-likeness (QED) is 0.658. The van der Waals surface area contributed by atoms with E-state index in [1.807, 2.05) is 37.3 Å². The standard InChI is InChI=1S/C11H10N2O/c1-7-6-8-4-2-3-5-9(8)11(14)10(7)13-12/h2-6,12,14H,1H3. The summed E-state index contributed by atoms with van der Waals surface area (Å²) in [5.41, 5.74) is 8.13. The number of aromatic hydroxyl groups is 1. The van der Waals surface area contributed by atoms with E-state index < -0.39 is 0 Å². The van der Waals surface area contributed by atoms with E-state index >= 15 is 0 Å². The maximum absolute atomic E-state index is 9.82. The molecule has 0 saturated heterocycles. The predicted octanol–water partition coefficient (Wildman–Crippen LogP) is 3.52. The Kier molecular flexibility index (Phi) is 1.93. The van der Waals surface area contributed by atoms with Crippen LogP contribution in [0.3, 0.4) is 0 Å². The van der Waals surface area contributed by atoms with Crippen LogP contribution in [-0.4, -0.2) is 5.11 Å². The van der Waals surface area contributed by atoms with E-state index in [1.165, 1.54) is 0 Å². The molecule has 0 amide bonds. The van der Waals surface area contributed by atoms with Crippen LogP contribution >= 0.6 is 0 Å². The molecule has 14 heavy (non-hydrogen) atoms. The fraction of sp³-hybridized carbons (Fsp3) is 0.0909. The highest BCUT2D eigenvalue weighted by molar-refractivity contribution is 5.93. The van der Waals surface area contributed by atoms with Gasteiger partial charge < -0.3 is 5.11 Å². The monoisotopic (exact) mass is 186 g/mol. The average Bonchev–Trinajstić information content (AvgIpc) is 2.18. The summed E-state index contributed by atoms with van der Waals surface area (Å²) in [5.74, 6) is 0.0931. The lowest BCUT2D eigenvalue weighted by atomic mass is 10.0. The molecule has 0 aliphatic heterocycles. The first-order valence-corrected chi connectivity index (χ1v) is 4.33. The van der Waals surface area contributed by atoms with Crippen molar-refractivity contribution in [2.75, 3.05) is 0 Å². The Morgan fingerprint density at radius 2 is 2.00 bits per heavy atom. The van der Waals surface area contributed by atoms with E-state index in [9.17, 15) is 5.11 Å². The highest BCUT2D eigenvalue weighted by Gasteiger charge is 2.08. The van der Waals surface area contributed by atoms with E-state index in [-0.39, 0.29) is 5.75 Å². The minimum Gasteiger partial charge on any atom is -0.505 e. The highest BCUT2D eigenvalue weighted by Crippen LogP contribution is 2.37. The number of hydrogen-bond acceptors (Lipinski definition) is 3. The topological polar surface area (TPSA) is 56.4 Å². The Morgan fingerprint density at radius 1 is 1.29 bits per heavy atom. The molecule has 0 aliphatic rings. The summed E-state index contributed by atoms with van der Waals surface area (Å²) in [5, 5.41) is 14.8.